The Morgan fingerprint density at radius 3 is 2.27 bits per heavy atom. The third-order valence-electron chi connectivity index (χ3n) is 7.45. The van der Waals surface area contributed by atoms with E-state index in [-0.39, 0.29) is 36.6 Å². The molecule has 2 aromatic carbocycles. The molecule has 1 aromatic heterocycles. The van der Waals surface area contributed by atoms with Crippen LogP contribution in [0.1, 0.15) is 87.2 Å². The Labute approximate surface area is 252 Å². The zero-order valence-corrected chi connectivity index (χ0v) is 25.2. The molecule has 14 heteroatoms. The fourth-order valence-electron chi connectivity index (χ4n) is 5.37. The first-order chi connectivity index (χ1) is 20.6. The summed E-state index contributed by atoms with van der Waals surface area (Å²) in [6.45, 7) is 9.26. The van der Waals surface area contributed by atoms with Crippen molar-refractivity contribution in [2.75, 3.05) is 9.80 Å². The Hall–Kier alpha value is -3.84. The van der Waals surface area contributed by atoms with Gasteiger partial charge in [-0.3, -0.25) is 4.90 Å². The minimum absolute atomic E-state index is 0.0533. The number of aromatic nitrogens is 4. The number of anilines is 2. The van der Waals surface area contributed by atoms with Crippen molar-refractivity contribution < 1.29 is 35.9 Å². The fourth-order valence-corrected chi connectivity index (χ4v) is 5.37. The summed E-state index contributed by atoms with van der Waals surface area (Å²) in [4.78, 5) is 17.8. The second-order valence-electron chi connectivity index (χ2n) is 11.3. The van der Waals surface area contributed by atoms with E-state index in [1.54, 1.807) is 29.7 Å². The molecule has 0 bridgehead atoms. The molecule has 3 aromatic rings. The van der Waals surface area contributed by atoms with E-state index >= 15 is 0 Å². The van der Waals surface area contributed by atoms with Crippen molar-refractivity contribution in [1.29, 1.82) is 0 Å². The van der Waals surface area contributed by atoms with E-state index in [0.29, 0.717) is 36.3 Å². The van der Waals surface area contributed by atoms with Gasteiger partial charge in [-0.25, -0.2) is 4.79 Å². The minimum atomic E-state index is -5.00. The van der Waals surface area contributed by atoms with Crippen molar-refractivity contribution in [2.45, 2.75) is 104 Å². The van der Waals surface area contributed by atoms with Crippen LogP contribution in [0.15, 0.2) is 36.4 Å². The summed E-state index contributed by atoms with van der Waals surface area (Å²) >= 11 is 0. The summed E-state index contributed by atoms with van der Waals surface area (Å²) in [5, 5.41) is 12.8. The first-order valence-corrected chi connectivity index (χ1v) is 14.6. The van der Waals surface area contributed by atoms with Gasteiger partial charge in [0.2, 0.25) is 0 Å². The van der Waals surface area contributed by atoms with Gasteiger partial charge in [-0.2, -0.15) is 31.1 Å². The number of carbonyl (C=O) groups excluding carboxylic acids is 1. The van der Waals surface area contributed by atoms with Crippen LogP contribution < -0.4 is 9.80 Å². The Morgan fingerprint density at radius 1 is 1.05 bits per heavy atom. The molecule has 44 heavy (non-hydrogen) atoms. The lowest BCUT2D eigenvalue weighted by atomic mass is 9.87. The fraction of sp³-hybridized carbons (Fsp3) is 0.533. The van der Waals surface area contributed by atoms with E-state index in [4.69, 9.17) is 4.74 Å². The Bertz CT molecular complexity index is 1420. The van der Waals surface area contributed by atoms with Crippen molar-refractivity contribution in [3.8, 4) is 0 Å². The van der Waals surface area contributed by atoms with Gasteiger partial charge in [0.05, 0.1) is 35.5 Å². The average Bonchev–Trinajstić information content (AvgIpc) is 3.41. The molecule has 1 aliphatic rings. The summed E-state index contributed by atoms with van der Waals surface area (Å²) in [6.07, 6.45) is -8.54. The van der Waals surface area contributed by atoms with Crippen molar-refractivity contribution in [1.82, 2.24) is 20.2 Å². The largest absolute Gasteiger partial charge is 0.446 e. The molecular formula is C30H36F6N6O2. The molecule has 0 N–H and O–H groups in total. The minimum Gasteiger partial charge on any atom is -0.446 e. The topological polar surface area (TPSA) is 76.4 Å². The quantitative estimate of drug-likeness (QED) is 0.224. The molecule has 0 radical (unpaired) electrons. The Morgan fingerprint density at radius 2 is 1.70 bits per heavy atom. The number of tetrazole rings is 1. The molecular weight excluding hydrogens is 590 g/mol. The number of ether oxygens (including phenoxy) is 1. The van der Waals surface area contributed by atoms with Crippen LogP contribution in [0.5, 0.6) is 0 Å². The highest BCUT2D eigenvalue weighted by molar-refractivity contribution is 5.90. The monoisotopic (exact) mass is 626 g/mol. The number of halogens is 6. The number of rotatable bonds is 9. The first-order valence-electron chi connectivity index (χ1n) is 14.6. The van der Waals surface area contributed by atoms with Gasteiger partial charge in [0.1, 0.15) is 0 Å². The molecule has 1 aliphatic heterocycles. The molecule has 240 valence electrons. The lowest BCUT2D eigenvalue weighted by molar-refractivity contribution is -0.143. The summed E-state index contributed by atoms with van der Waals surface area (Å²) in [5.74, 6) is 0.0533. The van der Waals surface area contributed by atoms with E-state index in [1.807, 2.05) is 32.9 Å². The number of benzene rings is 2. The van der Waals surface area contributed by atoms with Gasteiger partial charge >= 0.3 is 18.4 Å². The van der Waals surface area contributed by atoms with Crippen LogP contribution in [0, 0.1) is 6.92 Å². The maximum absolute atomic E-state index is 13.8. The summed E-state index contributed by atoms with van der Waals surface area (Å²) in [6, 6.07) is 5.98. The number of carbonyl (C=O) groups is 1. The average molecular weight is 627 g/mol. The predicted octanol–water partition coefficient (Wildman–Crippen LogP) is 8.10. The van der Waals surface area contributed by atoms with Gasteiger partial charge in [-0.05, 0) is 80.6 Å². The van der Waals surface area contributed by atoms with E-state index in [1.165, 1.54) is 4.80 Å². The summed E-state index contributed by atoms with van der Waals surface area (Å²) in [5.41, 5.74) is -1.01. The third kappa shape index (κ3) is 7.44. The number of hydrogen-bond donors (Lipinski definition) is 0. The third-order valence-corrected chi connectivity index (χ3v) is 7.45. The lowest BCUT2D eigenvalue weighted by Crippen LogP contribution is -2.48. The number of unbranched alkanes of at least 4 members (excludes halogenated alkanes) is 1. The van der Waals surface area contributed by atoms with Crippen LogP contribution in [-0.2, 0) is 30.2 Å². The second kappa shape index (κ2) is 13.0. The van der Waals surface area contributed by atoms with E-state index in [0.717, 1.165) is 18.4 Å². The molecule has 2 heterocycles. The highest BCUT2D eigenvalue weighted by Crippen LogP contribution is 2.44. The van der Waals surface area contributed by atoms with Gasteiger partial charge in [-0.1, -0.05) is 43.1 Å². The zero-order valence-electron chi connectivity index (χ0n) is 25.2. The number of amides is 1. The SMILES string of the molecule is CCCCn1nnc(N(Cc2cc(C(F)(F)F)cc(C(F)(F)F)c2)[C@H]2C[C@@H](CC)N(C(=O)OC(C)C)c3ccc(C)cc32)n1. The van der Waals surface area contributed by atoms with Gasteiger partial charge in [-0.15, -0.1) is 5.10 Å². The first kappa shape index (κ1) is 33.1. The number of nitrogens with zero attached hydrogens (tertiary/aromatic N) is 6. The highest BCUT2D eigenvalue weighted by Gasteiger charge is 2.41. The number of fused-ring (bicyclic) bond motifs is 1. The van der Waals surface area contributed by atoms with Crippen LogP contribution >= 0.6 is 0 Å². The van der Waals surface area contributed by atoms with Crippen LogP contribution in [0.2, 0.25) is 0 Å². The van der Waals surface area contributed by atoms with Crippen molar-refractivity contribution in [3.63, 3.8) is 0 Å². The van der Waals surface area contributed by atoms with Gasteiger partial charge in [0.15, 0.2) is 0 Å². The molecule has 0 saturated carbocycles. The maximum Gasteiger partial charge on any atom is 0.416 e. The van der Waals surface area contributed by atoms with Crippen LogP contribution in [0.4, 0.5) is 42.8 Å². The van der Waals surface area contributed by atoms with E-state index in [2.05, 4.69) is 15.4 Å². The Kier molecular flexibility index (Phi) is 9.79. The summed E-state index contributed by atoms with van der Waals surface area (Å²) in [7, 11) is 0. The summed E-state index contributed by atoms with van der Waals surface area (Å²) < 4.78 is 88.1. The van der Waals surface area contributed by atoms with E-state index in [9.17, 15) is 31.1 Å². The highest BCUT2D eigenvalue weighted by atomic mass is 19.4. The van der Waals surface area contributed by atoms with Gasteiger partial charge < -0.3 is 9.64 Å². The molecule has 0 fully saturated rings. The normalized spacial score (nSPS) is 17.1. The molecule has 0 aliphatic carbocycles. The molecule has 0 spiro atoms. The van der Waals surface area contributed by atoms with Crippen molar-refractivity contribution in [3.05, 3.63) is 64.2 Å². The zero-order chi connectivity index (χ0) is 32.4. The smallest absolute Gasteiger partial charge is 0.416 e. The lowest BCUT2D eigenvalue weighted by Gasteiger charge is -2.44. The standard InChI is InChI=1S/C30H36F6N6O2/c1-6-8-11-41-38-27(37-39-41)40(17-20-13-21(29(31,32)33)15-22(14-20)30(34,35)36)26-16-23(7-2)42(28(43)44-18(3)4)25-10-9-19(5)12-24(25)26/h9-10,12-15,18,23,26H,6-8,11,16-17H2,1-5H3/t23-,26+/m1/s1. The molecule has 0 saturated heterocycles. The maximum atomic E-state index is 13.8. The van der Waals surface area contributed by atoms with Crippen LogP contribution in [0.25, 0.3) is 0 Å². The molecule has 1 amide bonds. The van der Waals surface area contributed by atoms with Crippen LogP contribution in [-0.4, -0.2) is 38.4 Å². The Balaban J connectivity index is 1.88. The second-order valence-corrected chi connectivity index (χ2v) is 11.3. The molecule has 4 rings (SSSR count). The predicted molar refractivity (Wildman–Crippen MR) is 152 cm³/mol. The van der Waals surface area contributed by atoms with E-state index < -0.39 is 41.7 Å². The number of hydrogen-bond acceptors (Lipinski definition) is 6. The molecule has 0 unspecified atom stereocenters. The van der Waals surface area contributed by atoms with Crippen molar-refractivity contribution >= 4 is 17.7 Å². The van der Waals surface area contributed by atoms with Gasteiger partial charge in [0.25, 0.3) is 5.95 Å². The van der Waals surface area contributed by atoms with Crippen LogP contribution in [0.3, 0.4) is 0 Å². The molecule has 2 atom stereocenters. The number of aryl methyl sites for hydroxylation is 2. The molecule has 8 nitrogen and oxygen atoms in total. The van der Waals surface area contributed by atoms with Crippen molar-refractivity contribution in [2.24, 2.45) is 0 Å². The van der Waals surface area contributed by atoms with Gasteiger partial charge in [0, 0.05) is 12.6 Å². The number of alkyl halides is 6.